The molecule has 0 spiro atoms. The minimum Gasteiger partial charge on any atom is -0.462 e. The number of allylic oxidation sites excluding steroid dienone is 10. The van der Waals surface area contributed by atoms with Gasteiger partial charge in [0.1, 0.15) is 19.8 Å². The number of hydrogen-bond acceptors (Lipinski definition) is 7. The van der Waals surface area contributed by atoms with E-state index in [-0.39, 0.29) is 26.1 Å². The van der Waals surface area contributed by atoms with Gasteiger partial charge in [-0.25, -0.2) is 4.57 Å². The number of unbranched alkanes of at least 4 members (excludes halogenated alkanes) is 13. The molecule has 0 aliphatic rings. The Kier molecular flexibility index (Phi) is 34.8. The van der Waals surface area contributed by atoms with Crippen molar-refractivity contribution in [3.05, 3.63) is 60.8 Å². The van der Waals surface area contributed by atoms with Crippen LogP contribution in [0.25, 0.3) is 0 Å². The SMILES string of the molecule is CCCCC/C=C/C/C=C/C/C=C/C/C=C/CCCC(=O)O[C@H](COC(=O)CCCCCCC/C=C/CCCCCC)COP(=O)(O)OCC[N+](C)(C)C. The van der Waals surface area contributed by atoms with Crippen molar-refractivity contribution in [3.63, 3.8) is 0 Å². The second-order valence-corrected chi connectivity index (χ2v) is 16.5. The molecule has 0 rings (SSSR count). The molecule has 0 fully saturated rings. The number of carbonyl (C=O) groups excluding carboxylic acids is 2. The van der Waals surface area contributed by atoms with E-state index in [0.29, 0.717) is 23.9 Å². The van der Waals surface area contributed by atoms with Gasteiger partial charge >= 0.3 is 19.8 Å². The van der Waals surface area contributed by atoms with E-state index < -0.39 is 32.5 Å². The van der Waals surface area contributed by atoms with Crippen molar-refractivity contribution in [2.75, 3.05) is 47.5 Å². The highest BCUT2D eigenvalue weighted by Gasteiger charge is 2.27. The maximum Gasteiger partial charge on any atom is 0.472 e. The predicted molar refractivity (Wildman–Crippen MR) is 224 cm³/mol. The molecule has 0 aromatic carbocycles. The van der Waals surface area contributed by atoms with Gasteiger partial charge in [-0.3, -0.25) is 18.6 Å². The Balaban J connectivity index is 4.52. The van der Waals surface area contributed by atoms with Crippen LogP contribution in [0.2, 0.25) is 0 Å². The smallest absolute Gasteiger partial charge is 0.462 e. The van der Waals surface area contributed by atoms with Gasteiger partial charge in [-0.15, -0.1) is 0 Å². The Morgan fingerprint density at radius 2 is 1.02 bits per heavy atom. The number of phosphoric ester groups is 1. The lowest BCUT2D eigenvalue weighted by atomic mass is 10.1. The number of nitrogens with zero attached hydrogens (tertiary/aromatic N) is 1. The van der Waals surface area contributed by atoms with E-state index in [1.807, 2.05) is 27.2 Å². The fraction of sp³-hybridized carbons (Fsp3) is 0.727. The molecule has 0 radical (unpaired) electrons. The Labute approximate surface area is 330 Å². The lowest BCUT2D eigenvalue weighted by molar-refractivity contribution is -0.870. The van der Waals surface area contributed by atoms with Gasteiger partial charge in [0.05, 0.1) is 27.7 Å². The summed E-state index contributed by atoms with van der Waals surface area (Å²) < 4.78 is 34.2. The maximum atomic E-state index is 12.6. The van der Waals surface area contributed by atoms with Crippen molar-refractivity contribution in [1.82, 2.24) is 0 Å². The molecule has 9 nitrogen and oxygen atoms in total. The van der Waals surface area contributed by atoms with Crippen molar-refractivity contribution in [3.8, 4) is 0 Å². The van der Waals surface area contributed by atoms with Gasteiger partial charge in [-0.2, -0.15) is 0 Å². The number of phosphoric acid groups is 1. The molecular formula is C44H79NO8P+. The van der Waals surface area contributed by atoms with Crippen LogP contribution < -0.4 is 0 Å². The molecule has 0 aliphatic heterocycles. The first-order valence-corrected chi connectivity index (χ1v) is 22.5. The molecule has 0 saturated carbocycles. The third-order valence-electron chi connectivity index (χ3n) is 8.52. The largest absolute Gasteiger partial charge is 0.472 e. The third-order valence-corrected chi connectivity index (χ3v) is 9.50. The molecule has 312 valence electrons. The van der Waals surface area contributed by atoms with Crippen LogP contribution in [0.15, 0.2) is 60.8 Å². The summed E-state index contributed by atoms with van der Waals surface area (Å²) in [7, 11) is 1.43. The molecule has 54 heavy (non-hydrogen) atoms. The van der Waals surface area contributed by atoms with Crippen LogP contribution in [0, 0.1) is 0 Å². The lowest BCUT2D eigenvalue weighted by Crippen LogP contribution is -2.37. The summed E-state index contributed by atoms with van der Waals surface area (Å²) >= 11 is 0. The molecule has 10 heteroatoms. The van der Waals surface area contributed by atoms with Crippen LogP contribution in [0.1, 0.15) is 155 Å². The number of esters is 2. The van der Waals surface area contributed by atoms with Crippen molar-refractivity contribution in [2.24, 2.45) is 0 Å². The summed E-state index contributed by atoms with van der Waals surface area (Å²) in [5.74, 6) is -0.880. The number of hydrogen-bond donors (Lipinski definition) is 1. The maximum absolute atomic E-state index is 12.6. The molecule has 2 atom stereocenters. The summed E-state index contributed by atoms with van der Waals surface area (Å²) in [5.41, 5.74) is 0. The number of quaternary nitrogens is 1. The van der Waals surface area contributed by atoms with Gasteiger partial charge in [0, 0.05) is 12.8 Å². The van der Waals surface area contributed by atoms with Gasteiger partial charge in [-0.05, 0) is 77.0 Å². The van der Waals surface area contributed by atoms with Crippen LogP contribution in [0.4, 0.5) is 0 Å². The van der Waals surface area contributed by atoms with Crippen molar-refractivity contribution in [2.45, 2.75) is 161 Å². The highest BCUT2D eigenvalue weighted by molar-refractivity contribution is 7.47. The summed E-state index contributed by atoms with van der Waals surface area (Å²) in [4.78, 5) is 35.3. The molecule has 1 N–H and O–H groups in total. The first-order chi connectivity index (χ1) is 26.0. The van der Waals surface area contributed by atoms with Crippen LogP contribution >= 0.6 is 7.82 Å². The number of likely N-dealkylation sites (N-methyl/N-ethyl adjacent to an activating group) is 1. The number of rotatable bonds is 37. The van der Waals surface area contributed by atoms with E-state index >= 15 is 0 Å². The molecule has 0 aromatic rings. The molecule has 0 aromatic heterocycles. The third kappa shape index (κ3) is 39.4. The number of carbonyl (C=O) groups is 2. The van der Waals surface area contributed by atoms with Gasteiger partial charge in [0.25, 0.3) is 0 Å². The minimum atomic E-state index is -4.39. The fourth-order valence-electron chi connectivity index (χ4n) is 5.18. The first-order valence-electron chi connectivity index (χ1n) is 21.0. The first kappa shape index (κ1) is 51.7. The lowest BCUT2D eigenvalue weighted by Gasteiger charge is -2.24. The van der Waals surface area contributed by atoms with E-state index in [9.17, 15) is 19.0 Å². The fourth-order valence-corrected chi connectivity index (χ4v) is 5.92. The van der Waals surface area contributed by atoms with E-state index in [0.717, 1.165) is 57.8 Å². The predicted octanol–water partition coefficient (Wildman–Crippen LogP) is 11.7. The van der Waals surface area contributed by atoms with Gasteiger partial charge in [-0.1, -0.05) is 126 Å². The van der Waals surface area contributed by atoms with Crippen LogP contribution in [-0.4, -0.2) is 74.9 Å². The van der Waals surface area contributed by atoms with Crippen LogP contribution in [-0.2, 0) is 32.7 Å². The van der Waals surface area contributed by atoms with E-state index in [1.54, 1.807) is 0 Å². The molecule has 0 amide bonds. The van der Waals surface area contributed by atoms with E-state index in [1.165, 1.54) is 57.8 Å². The minimum absolute atomic E-state index is 0.0179. The van der Waals surface area contributed by atoms with Gasteiger partial charge in [0.15, 0.2) is 6.10 Å². The molecule has 1 unspecified atom stereocenters. The summed E-state index contributed by atoms with van der Waals surface area (Å²) in [6, 6.07) is 0. The van der Waals surface area contributed by atoms with Crippen molar-refractivity contribution < 1.29 is 42.1 Å². The normalized spacial score (nSPS) is 14.3. The summed E-state index contributed by atoms with van der Waals surface area (Å²) in [6.07, 6.45) is 42.7. The van der Waals surface area contributed by atoms with E-state index in [2.05, 4.69) is 68.5 Å². The molecular weight excluding hydrogens is 701 g/mol. The van der Waals surface area contributed by atoms with Crippen LogP contribution in [0.3, 0.4) is 0 Å². The molecule has 0 aliphatic carbocycles. The quantitative estimate of drug-likeness (QED) is 0.0218. The van der Waals surface area contributed by atoms with Crippen molar-refractivity contribution >= 4 is 19.8 Å². The van der Waals surface area contributed by atoms with Crippen molar-refractivity contribution in [1.29, 1.82) is 0 Å². The molecule has 0 bridgehead atoms. The standard InChI is InChI=1S/C44H78NO8P/c1-6-8-10-12-14-16-18-20-21-22-23-25-27-29-31-33-35-37-44(47)53-42(41-52-54(48,49)51-39-38-45(3,4)5)40-50-43(46)36-34-32-30-28-26-24-19-17-15-13-11-9-7-2/h14,16-17,19-21,23,25,29,31,42H,6-13,15,18,22,24,26-28,30,32-41H2,1-5H3/p+1/b16-14+,19-17+,21-20+,25-23+,31-29+/t42-/m1/s1. The Morgan fingerprint density at radius 3 is 1.59 bits per heavy atom. The Hall–Kier alpha value is -2.29. The summed E-state index contributed by atoms with van der Waals surface area (Å²) in [5, 5.41) is 0. The molecule has 0 heterocycles. The highest BCUT2D eigenvalue weighted by Crippen LogP contribution is 2.43. The zero-order chi connectivity index (χ0) is 40.0. The second kappa shape index (κ2) is 36.4. The van der Waals surface area contributed by atoms with Gasteiger partial charge in [0.2, 0.25) is 0 Å². The molecule has 0 saturated heterocycles. The Bertz CT molecular complexity index is 1110. The zero-order valence-electron chi connectivity index (χ0n) is 34.9. The van der Waals surface area contributed by atoms with Gasteiger partial charge < -0.3 is 18.9 Å². The average molecular weight is 781 g/mol. The number of ether oxygens (including phenoxy) is 2. The zero-order valence-corrected chi connectivity index (χ0v) is 35.8. The topological polar surface area (TPSA) is 108 Å². The summed E-state index contributed by atoms with van der Waals surface area (Å²) in [6.45, 7) is 4.28. The highest BCUT2D eigenvalue weighted by atomic mass is 31.2. The van der Waals surface area contributed by atoms with Crippen LogP contribution in [0.5, 0.6) is 0 Å². The average Bonchev–Trinajstić information content (AvgIpc) is 3.12. The van der Waals surface area contributed by atoms with E-state index in [4.69, 9.17) is 18.5 Å². The second-order valence-electron chi connectivity index (χ2n) is 15.0. The Morgan fingerprint density at radius 1 is 0.574 bits per heavy atom. The monoisotopic (exact) mass is 781 g/mol.